The molecular formula is C15H16FNO2S2. The Labute approximate surface area is 131 Å². The standard InChI is InChI=1S/C15H16FNO2S2/c1-10-6-7-20-15(10)13(18)8-17-14(19)9-21-12-4-2-11(16)3-5-12/h2-7,13,18H,8-9H2,1H3,(H,17,19)/t13-/m0/s1. The van der Waals surface area contributed by atoms with Crippen LogP contribution in [-0.4, -0.2) is 23.3 Å². The maximum Gasteiger partial charge on any atom is 0.230 e. The van der Waals surface area contributed by atoms with Crippen LogP contribution in [0.4, 0.5) is 4.39 Å². The van der Waals surface area contributed by atoms with Crippen molar-refractivity contribution in [2.45, 2.75) is 17.9 Å². The van der Waals surface area contributed by atoms with Gasteiger partial charge in [-0.15, -0.1) is 23.1 Å². The molecule has 1 atom stereocenters. The molecule has 6 heteroatoms. The lowest BCUT2D eigenvalue weighted by molar-refractivity contribution is -0.119. The van der Waals surface area contributed by atoms with E-state index in [1.807, 2.05) is 18.4 Å². The second-order valence-corrected chi connectivity index (χ2v) is 6.53. The number of aryl methyl sites for hydroxylation is 1. The Hall–Kier alpha value is -1.37. The molecule has 2 aromatic rings. The van der Waals surface area contributed by atoms with Gasteiger partial charge in [0.15, 0.2) is 0 Å². The summed E-state index contributed by atoms with van der Waals surface area (Å²) in [6.07, 6.45) is -0.676. The Morgan fingerprint density at radius 3 is 2.71 bits per heavy atom. The molecule has 21 heavy (non-hydrogen) atoms. The van der Waals surface area contributed by atoms with Crippen LogP contribution in [-0.2, 0) is 4.79 Å². The minimum Gasteiger partial charge on any atom is -0.386 e. The maximum absolute atomic E-state index is 12.7. The van der Waals surface area contributed by atoms with Crippen LogP contribution < -0.4 is 5.32 Å². The van der Waals surface area contributed by atoms with E-state index < -0.39 is 6.10 Å². The number of aliphatic hydroxyl groups is 1. The summed E-state index contributed by atoms with van der Waals surface area (Å²) in [6, 6.07) is 7.94. The molecule has 0 bridgehead atoms. The van der Waals surface area contributed by atoms with Gasteiger partial charge in [-0.25, -0.2) is 4.39 Å². The van der Waals surface area contributed by atoms with Crippen molar-refractivity contribution in [1.29, 1.82) is 0 Å². The second kappa shape index (κ2) is 7.59. The Balaban J connectivity index is 1.75. The van der Waals surface area contributed by atoms with E-state index in [0.29, 0.717) is 0 Å². The van der Waals surface area contributed by atoms with E-state index in [0.717, 1.165) is 15.3 Å². The SMILES string of the molecule is Cc1ccsc1[C@@H](O)CNC(=O)CSc1ccc(F)cc1. The summed E-state index contributed by atoms with van der Waals surface area (Å²) in [5.74, 6) is -0.210. The third kappa shape index (κ3) is 4.84. The number of carbonyl (C=O) groups excluding carboxylic acids is 1. The number of amides is 1. The second-order valence-electron chi connectivity index (χ2n) is 4.53. The number of hydrogen-bond donors (Lipinski definition) is 2. The van der Waals surface area contributed by atoms with Crippen LogP contribution in [0.15, 0.2) is 40.6 Å². The van der Waals surface area contributed by atoms with Crippen molar-refractivity contribution in [2.75, 3.05) is 12.3 Å². The fraction of sp³-hybridized carbons (Fsp3) is 0.267. The van der Waals surface area contributed by atoms with Gasteiger partial charge in [-0.2, -0.15) is 0 Å². The van der Waals surface area contributed by atoms with E-state index in [1.165, 1.54) is 35.2 Å². The Morgan fingerprint density at radius 2 is 2.10 bits per heavy atom. The fourth-order valence-corrected chi connectivity index (χ4v) is 3.40. The van der Waals surface area contributed by atoms with Crippen LogP contribution in [0, 0.1) is 12.7 Å². The van der Waals surface area contributed by atoms with Crippen LogP contribution in [0.3, 0.4) is 0 Å². The highest BCUT2D eigenvalue weighted by molar-refractivity contribution is 8.00. The molecule has 3 nitrogen and oxygen atoms in total. The summed E-state index contributed by atoms with van der Waals surface area (Å²) in [4.78, 5) is 13.4. The highest BCUT2D eigenvalue weighted by Crippen LogP contribution is 2.23. The maximum atomic E-state index is 12.7. The van der Waals surface area contributed by atoms with Crippen LogP contribution in [0.5, 0.6) is 0 Å². The number of thioether (sulfide) groups is 1. The van der Waals surface area contributed by atoms with Crippen molar-refractivity contribution in [2.24, 2.45) is 0 Å². The molecule has 0 radical (unpaired) electrons. The molecule has 0 unspecified atom stereocenters. The van der Waals surface area contributed by atoms with Crippen molar-refractivity contribution in [3.05, 3.63) is 52.0 Å². The highest BCUT2D eigenvalue weighted by atomic mass is 32.2. The minimum absolute atomic E-state index is 0.155. The molecule has 2 rings (SSSR count). The third-order valence-corrected chi connectivity index (χ3v) is 5.01. The van der Waals surface area contributed by atoms with E-state index in [4.69, 9.17) is 0 Å². The fourth-order valence-electron chi connectivity index (χ4n) is 1.76. The first-order chi connectivity index (χ1) is 10.1. The zero-order valence-corrected chi connectivity index (χ0v) is 13.1. The molecule has 1 heterocycles. The monoisotopic (exact) mass is 325 g/mol. The number of hydrogen-bond acceptors (Lipinski definition) is 4. The predicted molar refractivity (Wildman–Crippen MR) is 84.1 cm³/mol. The van der Waals surface area contributed by atoms with Gasteiger partial charge < -0.3 is 10.4 Å². The lowest BCUT2D eigenvalue weighted by Crippen LogP contribution is -2.29. The molecule has 112 valence electrons. The van der Waals surface area contributed by atoms with E-state index in [-0.39, 0.29) is 24.0 Å². The van der Waals surface area contributed by atoms with Gasteiger partial charge in [-0.05, 0) is 48.2 Å². The number of rotatable bonds is 6. The smallest absolute Gasteiger partial charge is 0.230 e. The van der Waals surface area contributed by atoms with Gasteiger partial charge in [-0.3, -0.25) is 4.79 Å². The Morgan fingerprint density at radius 1 is 1.38 bits per heavy atom. The first-order valence-electron chi connectivity index (χ1n) is 6.43. The number of nitrogens with one attached hydrogen (secondary N) is 1. The van der Waals surface area contributed by atoms with E-state index in [9.17, 15) is 14.3 Å². The highest BCUT2D eigenvalue weighted by Gasteiger charge is 2.13. The molecule has 0 aliphatic rings. The number of benzene rings is 1. The van der Waals surface area contributed by atoms with Gasteiger partial charge in [0.1, 0.15) is 11.9 Å². The molecule has 0 spiro atoms. The largest absolute Gasteiger partial charge is 0.386 e. The van der Waals surface area contributed by atoms with E-state index in [1.54, 1.807) is 12.1 Å². The summed E-state index contributed by atoms with van der Waals surface area (Å²) in [6.45, 7) is 2.13. The molecule has 0 saturated carbocycles. The molecular weight excluding hydrogens is 309 g/mol. The molecule has 0 saturated heterocycles. The van der Waals surface area contributed by atoms with E-state index >= 15 is 0 Å². The van der Waals surface area contributed by atoms with Gasteiger partial charge in [0.2, 0.25) is 5.91 Å². The Bertz CT molecular complexity index is 598. The van der Waals surface area contributed by atoms with Crippen molar-refractivity contribution < 1.29 is 14.3 Å². The van der Waals surface area contributed by atoms with Crippen molar-refractivity contribution >= 4 is 29.0 Å². The Kier molecular flexibility index (Phi) is 5.78. The van der Waals surface area contributed by atoms with Crippen molar-refractivity contribution in [3.8, 4) is 0 Å². The average molecular weight is 325 g/mol. The minimum atomic E-state index is -0.676. The van der Waals surface area contributed by atoms with Gasteiger partial charge in [0.25, 0.3) is 0 Å². The summed E-state index contributed by atoms with van der Waals surface area (Å²) >= 11 is 2.81. The van der Waals surface area contributed by atoms with E-state index in [2.05, 4.69) is 5.32 Å². The first kappa shape index (κ1) is 16.0. The predicted octanol–water partition coefficient (Wildman–Crippen LogP) is 3.14. The topological polar surface area (TPSA) is 49.3 Å². The van der Waals surface area contributed by atoms with Gasteiger partial charge in [0, 0.05) is 16.3 Å². The molecule has 1 amide bonds. The summed E-state index contributed by atoms with van der Waals surface area (Å²) < 4.78 is 12.7. The van der Waals surface area contributed by atoms with Crippen molar-refractivity contribution in [1.82, 2.24) is 5.32 Å². The quantitative estimate of drug-likeness (QED) is 0.802. The molecule has 0 aliphatic carbocycles. The molecule has 1 aromatic heterocycles. The lowest BCUT2D eigenvalue weighted by Gasteiger charge is -2.11. The lowest BCUT2D eigenvalue weighted by atomic mass is 10.2. The zero-order valence-electron chi connectivity index (χ0n) is 11.5. The van der Waals surface area contributed by atoms with Gasteiger partial charge in [0.05, 0.1) is 5.75 Å². The van der Waals surface area contributed by atoms with Crippen molar-refractivity contribution in [3.63, 3.8) is 0 Å². The average Bonchev–Trinajstić information content (AvgIpc) is 2.90. The number of aliphatic hydroxyl groups excluding tert-OH is 1. The normalized spacial score (nSPS) is 12.1. The summed E-state index contributed by atoms with van der Waals surface area (Å²) in [5.41, 5.74) is 1.03. The molecule has 2 N–H and O–H groups in total. The molecule has 1 aromatic carbocycles. The number of thiophene rings is 1. The van der Waals surface area contributed by atoms with Crippen LogP contribution >= 0.6 is 23.1 Å². The van der Waals surface area contributed by atoms with Crippen LogP contribution in [0.2, 0.25) is 0 Å². The summed E-state index contributed by atoms with van der Waals surface area (Å²) in [5, 5.41) is 14.6. The number of carbonyl (C=O) groups is 1. The van der Waals surface area contributed by atoms with Crippen LogP contribution in [0.1, 0.15) is 16.5 Å². The van der Waals surface area contributed by atoms with Crippen LogP contribution in [0.25, 0.3) is 0 Å². The third-order valence-electron chi connectivity index (χ3n) is 2.88. The number of halogens is 1. The molecule has 0 aliphatic heterocycles. The van der Waals surface area contributed by atoms with Gasteiger partial charge in [-0.1, -0.05) is 0 Å². The summed E-state index contributed by atoms with van der Waals surface area (Å²) in [7, 11) is 0. The van der Waals surface area contributed by atoms with Gasteiger partial charge >= 0.3 is 0 Å². The molecule has 0 fully saturated rings. The first-order valence-corrected chi connectivity index (χ1v) is 8.30. The zero-order chi connectivity index (χ0) is 15.2.